The summed E-state index contributed by atoms with van der Waals surface area (Å²) in [5, 5.41) is 6.89. The molecule has 8 heteroatoms. The summed E-state index contributed by atoms with van der Waals surface area (Å²) in [6.07, 6.45) is 0. The lowest BCUT2D eigenvalue weighted by Crippen LogP contribution is -2.39. The van der Waals surface area contributed by atoms with Gasteiger partial charge in [0, 0.05) is 28.4 Å². The van der Waals surface area contributed by atoms with Gasteiger partial charge >= 0.3 is 0 Å². The van der Waals surface area contributed by atoms with Crippen LogP contribution < -0.4 is 20.3 Å². The van der Waals surface area contributed by atoms with Crippen LogP contribution in [0.15, 0.2) is 70.8 Å². The Balaban J connectivity index is 1.40. The lowest BCUT2D eigenvalue weighted by molar-refractivity contribution is 0.172. The van der Waals surface area contributed by atoms with Crippen LogP contribution >= 0.6 is 23.6 Å². The van der Waals surface area contributed by atoms with E-state index >= 15 is 0 Å². The standard InChI is InChI=1S/C25H23N3O3S2/c29-24-19(11-18-12-22-23(13-21(18)27-24)31-9-8-30-22)15-28(16-20-7-4-10-33-20)25(32)26-14-17-5-2-1-3-6-17/h1-7,10-13H,8-9,14-16H2,(H,26,32)(H,27,29). The first-order valence-corrected chi connectivity index (χ1v) is 12.0. The van der Waals surface area contributed by atoms with Crippen LogP contribution in [-0.2, 0) is 19.6 Å². The van der Waals surface area contributed by atoms with E-state index in [9.17, 15) is 4.79 Å². The van der Waals surface area contributed by atoms with Crippen LogP contribution in [0.4, 0.5) is 0 Å². The number of ether oxygens (including phenoxy) is 2. The molecule has 0 radical (unpaired) electrons. The fraction of sp³-hybridized carbons (Fsp3) is 0.200. The quantitative estimate of drug-likeness (QED) is 0.401. The number of aromatic nitrogens is 1. The smallest absolute Gasteiger partial charge is 0.253 e. The Bertz CT molecular complexity index is 1320. The van der Waals surface area contributed by atoms with Gasteiger partial charge in [0.15, 0.2) is 16.6 Å². The van der Waals surface area contributed by atoms with Crippen LogP contribution in [0.5, 0.6) is 11.5 Å². The lowest BCUT2D eigenvalue weighted by Gasteiger charge is -2.25. The Morgan fingerprint density at radius 2 is 1.82 bits per heavy atom. The number of rotatable bonds is 6. The monoisotopic (exact) mass is 477 g/mol. The fourth-order valence-electron chi connectivity index (χ4n) is 3.79. The fourth-order valence-corrected chi connectivity index (χ4v) is 4.71. The van der Waals surface area contributed by atoms with E-state index in [1.165, 1.54) is 4.88 Å². The van der Waals surface area contributed by atoms with E-state index in [1.54, 1.807) is 11.3 Å². The first-order valence-electron chi connectivity index (χ1n) is 10.7. The van der Waals surface area contributed by atoms with Gasteiger partial charge in [-0.05, 0) is 41.4 Å². The molecule has 6 nitrogen and oxygen atoms in total. The van der Waals surface area contributed by atoms with Gasteiger partial charge in [0.1, 0.15) is 13.2 Å². The summed E-state index contributed by atoms with van der Waals surface area (Å²) < 4.78 is 11.3. The largest absolute Gasteiger partial charge is 0.486 e. The zero-order chi connectivity index (χ0) is 22.6. The third kappa shape index (κ3) is 5.02. The number of hydrogen-bond donors (Lipinski definition) is 2. The van der Waals surface area contributed by atoms with Crippen LogP contribution in [0, 0.1) is 0 Å². The topological polar surface area (TPSA) is 66.6 Å². The summed E-state index contributed by atoms with van der Waals surface area (Å²) in [7, 11) is 0. The normalized spacial score (nSPS) is 12.5. The third-order valence-electron chi connectivity index (χ3n) is 5.45. The second kappa shape index (κ2) is 9.64. The first-order chi connectivity index (χ1) is 16.2. The van der Waals surface area contributed by atoms with Crippen molar-refractivity contribution < 1.29 is 9.47 Å². The summed E-state index contributed by atoms with van der Waals surface area (Å²) >= 11 is 7.41. The van der Waals surface area contributed by atoms with E-state index in [0.29, 0.717) is 55.0 Å². The van der Waals surface area contributed by atoms with Crippen LogP contribution in [-0.4, -0.2) is 28.2 Å². The zero-order valence-electron chi connectivity index (χ0n) is 17.9. The van der Waals surface area contributed by atoms with Gasteiger partial charge < -0.3 is 24.7 Å². The Kier molecular flexibility index (Phi) is 6.28. The van der Waals surface area contributed by atoms with Gasteiger partial charge in [-0.2, -0.15) is 0 Å². The van der Waals surface area contributed by atoms with E-state index in [0.717, 1.165) is 16.5 Å². The molecule has 0 saturated heterocycles. The molecule has 0 spiro atoms. The summed E-state index contributed by atoms with van der Waals surface area (Å²) in [6, 6.07) is 19.9. The molecule has 0 saturated carbocycles. The number of H-pyrrole nitrogens is 1. The summed E-state index contributed by atoms with van der Waals surface area (Å²) in [5.74, 6) is 1.35. The Labute approximate surface area is 200 Å². The van der Waals surface area contributed by atoms with Crippen LogP contribution in [0.2, 0.25) is 0 Å². The van der Waals surface area contributed by atoms with Crippen molar-refractivity contribution in [3.8, 4) is 11.5 Å². The molecule has 0 bridgehead atoms. The van der Waals surface area contributed by atoms with Crippen molar-refractivity contribution in [1.82, 2.24) is 15.2 Å². The van der Waals surface area contributed by atoms with Crippen molar-refractivity contribution in [2.24, 2.45) is 0 Å². The number of fused-ring (bicyclic) bond motifs is 2. The third-order valence-corrected chi connectivity index (χ3v) is 6.71. The van der Waals surface area contributed by atoms with Crippen molar-refractivity contribution in [3.63, 3.8) is 0 Å². The van der Waals surface area contributed by atoms with Crippen LogP contribution in [0.3, 0.4) is 0 Å². The molecule has 2 aromatic carbocycles. The van der Waals surface area contributed by atoms with Gasteiger partial charge in [-0.3, -0.25) is 4.79 Å². The van der Waals surface area contributed by atoms with Crippen LogP contribution in [0.1, 0.15) is 16.0 Å². The highest BCUT2D eigenvalue weighted by Gasteiger charge is 2.17. The number of nitrogens with zero attached hydrogens (tertiary/aromatic N) is 1. The van der Waals surface area contributed by atoms with Gasteiger partial charge in [-0.1, -0.05) is 36.4 Å². The Hall–Kier alpha value is -3.36. The molecule has 1 aliphatic rings. The summed E-state index contributed by atoms with van der Waals surface area (Å²) in [5.41, 5.74) is 2.37. The molecule has 0 aliphatic carbocycles. The lowest BCUT2D eigenvalue weighted by atomic mass is 10.1. The van der Waals surface area contributed by atoms with Gasteiger partial charge in [-0.15, -0.1) is 11.3 Å². The highest BCUT2D eigenvalue weighted by atomic mass is 32.1. The summed E-state index contributed by atoms with van der Waals surface area (Å²) in [4.78, 5) is 19.1. The molecule has 0 atom stereocenters. The first kappa shape index (κ1) is 21.5. The maximum absolute atomic E-state index is 12.9. The van der Waals surface area contributed by atoms with E-state index in [4.69, 9.17) is 21.7 Å². The van der Waals surface area contributed by atoms with Crippen molar-refractivity contribution >= 4 is 39.6 Å². The second-order valence-corrected chi connectivity index (χ2v) is 9.21. The molecule has 2 N–H and O–H groups in total. The van der Waals surface area contributed by atoms with Crippen molar-refractivity contribution in [1.29, 1.82) is 0 Å². The molecular weight excluding hydrogens is 454 g/mol. The molecule has 0 amide bonds. The minimum atomic E-state index is -0.138. The van der Waals surface area contributed by atoms with Gasteiger partial charge in [0.2, 0.25) is 0 Å². The predicted octanol–water partition coefficient (Wildman–Crippen LogP) is 4.44. The SMILES string of the molecule is O=c1[nH]c2cc3c(cc2cc1CN(Cc1cccs1)C(=S)NCc1ccccc1)OCCO3. The molecule has 3 heterocycles. The molecule has 0 unspecified atom stereocenters. The molecule has 0 fully saturated rings. The molecule has 2 aromatic heterocycles. The summed E-state index contributed by atoms with van der Waals surface area (Å²) in [6.45, 7) is 2.66. The van der Waals surface area contributed by atoms with Crippen molar-refractivity contribution in [2.75, 3.05) is 13.2 Å². The number of aromatic amines is 1. The van der Waals surface area contributed by atoms with E-state index in [2.05, 4.69) is 28.5 Å². The molecule has 33 heavy (non-hydrogen) atoms. The zero-order valence-corrected chi connectivity index (χ0v) is 19.5. The second-order valence-electron chi connectivity index (χ2n) is 7.79. The molecule has 168 valence electrons. The molecule has 5 rings (SSSR count). The van der Waals surface area contributed by atoms with Crippen molar-refractivity contribution in [2.45, 2.75) is 19.6 Å². The predicted molar refractivity (Wildman–Crippen MR) is 135 cm³/mol. The molecule has 1 aliphatic heterocycles. The van der Waals surface area contributed by atoms with Gasteiger partial charge in [-0.25, -0.2) is 0 Å². The minimum absolute atomic E-state index is 0.138. The average molecular weight is 478 g/mol. The maximum Gasteiger partial charge on any atom is 0.253 e. The van der Waals surface area contributed by atoms with E-state index in [-0.39, 0.29) is 5.56 Å². The minimum Gasteiger partial charge on any atom is -0.486 e. The number of benzene rings is 2. The number of hydrogen-bond acceptors (Lipinski definition) is 5. The highest BCUT2D eigenvalue weighted by Crippen LogP contribution is 2.33. The van der Waals surface area contributed by atoms with Gasteiger partial charge in [0.25, 0.3) is 5.56 Å². The van der Waals surface area contributed by atoms with Gasteiger partial charge in [0.05, 0.1) is 18.6 Å². The average Bonchev–Trinajstić information content (AvgIpc) is 3.35. The maximum atomic E-state index is 12.9. The molecule has 4 aromatic rings. The van der Waals surface area contributed by atoms with E-state index in [1.807, 2.05) is 52.7 Å². The number of pyridine rings is 1. The van der Waals surface area contributed by atoms with Crippen LogP contribution in [0.25, 0.3) is 10.9 Å². The number of thiocarbonyl (C=S) groups is 1. The molecular formula is C25H23N3O3S2. The van der Waals surface area contributed by atoms with Crippen molar-refractivity contribution in [3.05, 3.63) is 92.4 Å². The van der Waals surface area contributed by atoms with E-state index < -0.39 is 0 Å². The Morgan fingerprint density at radius 1 is 1.03 bits per heavy atom. The highest BCUT2D eigenvalue weighted by molar-refractivity contribution is 7.80. The number of thiophene rings is 1. The Morgan fingerprint density at radius 3 is 2.58 bits per heavy atom. The number of nitrogens with one attached hydrogen (secondary N) is 2.